The minimum absolute atomic E-state index is 0.246. The monoisotopic (exact) mass is 275 g/mol. The number of carbonyl (C=O) groups is 2. The van der Waals surface area contributed by atoms with E-state index in [1.807, 2.05) is 13.8 Å². The first-order valence-corrected chi connectivity index (χ1v) is 7.18. The van der Waals surface area contributed by atoms with E-state index in [9.17, 15) is 9.59 Å². The molecule has 18 heavy (non-hydrogen) atoms. The van der Waals surface area contributed by atoms with Crippen molar-refractivity contribution in [2.45, 2.75) is 38.6 Å². The lowest BCUT2D eigenvalue weighted by atomic mass is 10.0. The zero-order valence-electron chi connectivity index (χ0n) is 11.3. The van der Waals surface area contributed by atoms with E-state index in [0.29, 0.717) is 19.0 Å². The Morgan fingerprint density at radius 2 is 2.00 bits per heavy atom. The molecule has 5 nitrogen and oxygen atoms in total. The summed E-state index contributed by atoms with van der Waals surface area (Å²) in [5.74, 6) is -0.213. The van der Waals surface area contributed by atoms with E-state index in [1.54, 1.807) is 25.6 Å². The van der Waals surface area contributed by atoms with E-state index in [-0.39, 0.29) is 23.9 Å². The second-order valence-corrected chi connectivity index (χ2v) is 5.81. The van der Waals surface area contributed by atoms with Gasteiger partial charge in [-0.2, -0.15) is 0 Å². The Morgan fingerprint density at radius 3 is 2.56 bits per heavy atom. The number of nitrogens with one attached hydrogen (secondary N) is 1. The average molecular weight is 275 g/mol. The minimum Gasteiger partial charge on any atom is -0.466 e. The Balaban J connectivity index is 2.62. The van der Waals surface area contributed by atoms with Crippen LogP contribution in [0.5, 0.6) is 0 Å². The topological polar surface area (TPSA) is 64.6 Å². The van der Waals surface area contributed by atoms with Crippen molar-refractivity contribution in [3.63, 3.8) is 0 Å². The first-order valence-electron chi connectivity index (χ1n) is 6.19. The lowest BCUT2D eigenvalue weighted by Gasteiger charge is -2.29. The van der Waals surface area contributed by atoms with E-state index >= 15 is 0 Å². The fraction of sp³-hybridized carbons (Fsp3) is 0.833. The molecule has 0 aromatic carbocycles. The molecule has 0 aromatic heterocycles. The van der Waals surface area contributed by atoms with Gasteiger partial charge in [-0.05, 0) is 27.7 Å². The van der Waals surface area contributed by atoms with Crippen molar-refractivity contribution in [3.8, 4) is 0 Å². The predicted molar refractivity (Wildman–Crippen MR) is 70.2 cm³/mol. The largest absolute Gasteiger partial charge is 0.466 e. The molecule has 1 saturated heterocycles. The number of esters is 2. The third-order valence-corrected chi connectivity index (χ3v) is 4.62. The van der Waals surface area contributed by atoms with Crippen molar-refractivity contribution >= 4 is 23.7 Å². The van der Waals surface area contributed by atoms with Crippen LogP contribution in [0.4, 0.5) is 0 Å². The lowest BCUT2D eigenvalue weighted by molar-refractivity contribution is -0.150. The summed E-state index contributed by atoms with van der Waals surface area (Å²) in [6, 6.07) is -0.350. The van der Waals surface area contributed by atoms with Gasteiger partial charge < -0.3 is 9.47 Å². The summed E-state index contributed by atoms with van der Waals surface area (Å²) >= 11 is 1.56. The van der Waals surface area contributed by atoms with Gasteiger partial charge in [0.2, 0.25) is 0 Å². The first-order chi connectivity index (χ1) is 8.44. The van der Waals surface area contributed by atoms with Crippen molar-refractivity contribution in [3.05, 3.63) is 0 Å². The Bertz CT molecular complexity index is 323. The molecule has 0 bridgehead atoms. The van der Waals surface area contributed by atoms with E-state index < -0.39 is 4.87 Å². The Labute approximate surface area is 112 Å². The zero-order valence-corrected chi connectivity index (χ0v) is 12.1. The summed E-state index contributed by atoms with van der Waals surface area (Å²) in [5, 5.41) is 3.18. The highest BCUT2D eigenvalue weighted by Gasteiger charge is 2.45. The van der Waals surface area contributed by atoms with Crippen molar-refractivity contribution in [1.82, 2.24) is 5.32 Å². The predicted octanol–water partition coefficient (Wildman–Crippen LogP) is 1.17. The normalized spacial score (nSPS) is 28.8. The third-order valence-electron chi connectivity index (χ3n) is 3.05. The zero-order chi connectivity index (χ0) is 13.8. The molecule has 3 atom stereocenters. The molecule has 6 heteroatoms. The van der Waals surface area contributed by atoms with Crippen LogP contribution < -0.4 is 5.32 Å². The number of carbonyl (C=O) groups excluding carboxylic acids is 2. The summed E-state index contributed by atoms with van der Waals surface area (Å²) in [6.07, 6.45) is 0. The second kappa shape index (κ2) is 6.43. The Hall–Kier alpha value is -0.750. The van der Waals surface area contributed by atoms with Crippen LogP contribution in [0.2, 0.25) is 0 Å². The van der Waals surface area contributed by atoms with Crippen LogP contribution in [0.25, 0.3) is 0 Å². The fourth-order valence-electron chi connectivity index (χ4n) is 1.80. The van der Waals surface area contributed by atoms with E-state index in [1.165, 1.54) is 0 Å². The molecular formula is C12H21NO4S. The molecule has 1 rings (SSSR count). The van der Waals surface area contributed by atoms with Crippen LogP contribution in [0.3, 0.4) is 0 Å². The maximum atomic E-state index is 11.7. The summed E-state index contributed by atoms with van der Waals surface area (Å²) in [4.78, 5) is 22.9. The highest BCUT2D eigenvalue weighted by Crippen LogP contribution is 2.37. The Morgan fingerprint density at radius 1 is 1.39 bits per heavy atom. The molecule has 0 saturated carbocycles. The maximum Gasteiger partial charge on any atom is 0.324 e. The molecule has 104 valence electrons. The summed E-state index contributed by atoms with van der Waals surface area (Å²) in [6.45, 7) is 8.02. The highest BCUT2D eigenvalue weighted by atomic mass is 32.2. The van der Waals surface area contributed by atoms with Gasteiger partial charge in [0.15, 0.2) is 0 Å². The molecule has 1 N–H and O–H groups in total. The van der Waals surface area contributed by atoms with Crippen LogP contribution >= 0.6 is 11.8 Å². The SMILES string of the molecule is CCOC(=O)C(C)C1(C)N[C@H](C(=O)OCC)CS1. The Kier molecular flexibility index (Phi) is 5.47. The molecule has 1 heterocycles. The van der Waals surface area contributed by atoms with Crippen molar-refractivity contribution < 1.29 is 19.1 Å². The van der Waals surface area contributed by atoms with E-state index in [2.05, 4.69) is 5.32 Å². The molecule has 1 aliphatic rings. The quantitative estimate of drug-likeness (QED) is 0.760. The summed E-state index contributed by atoms with van der Waals surface area (Å²) in [5.41, 5.74) is 0. The van der Waals surface area contributed by atoms with Crippen molar-refractivity contribution in [2.75, 3.05) is 19.0 Å². The number of rotatable bonds is 5. The molecular weight excluding hydrogens is 254 g/mol. The molecule has 2 unspecified atom stereocenters. The van der Waals surface area contributed by atoms with Crippen LogP contribution in [-0.4, -0.2) is 41.8 Å². The number of hydrogen-bond donors (Lipinski definition) is 1. The average Bonchev–Trinajstić information content (AvgIpc) is 2.73. The molecule has 0 spiro atoms. The van der Waals surface area contributed by atoms with E-state index in [4.69, 9.17) is 9.47 Å². The number of ether oxygens (including phenoxy) is 2. The lowest BCUT2D eigenvalue weighted by Crippen LogP contribution is -2.49. The highest BCUT2D eigenvalue weighted by molar-refractivity contribution is 8.01. The van der Waals surface area contributed by atoms with Gasteiger partial charge in [-0.25, -0.2) is 0 Å². The maximum absolute atomic E-state index is 11.7. The van der Waals surface area contributed by atoms with Gasteiger partial charge in [-0.1, -0.05) is 0 Å². The van der Waals surface area contributed by atoms with Gasteiger partial charge in [0.05, 0.1) is 24.0 Å². The molecule has 0 amide bonds. The molecule has 0 aliphatic carbocycles. The second-order valence-electron chi connectivity index (χ2n) is 4.34. The van der Waals surface area contributed by atoms with E-state index in [0.717, 1.165) is 0 Å². The first kappa shape index (κ1) is 15.3. The standard InChI is InChI=1S/C12H21NO4S/c1-5-16-10(14)8(3)12(4)13-9(7-18-12)11(15)17-6-2/h8-9,13H,5-7H2,1-4H3/t8?,9-,12?/m0/s1. The van der Waals surface area contributed by atoms with Crippen LogP contribution in [0, 0.1) is 5.92 Å². The molecule has 0 radical (unpaired) electrons. The van der Waals surface area contributed by atoms with Crippen molar-refractivity contribution in [1.29, 1.82) is 0 Å². The number of hydrogen-bond acceptors (Lipinski definition) is 6. The summed E-state index contributed by atoms with van der Waals surface area (Å²) < 4.78 is 9.99. The fourth-order valence-corrected chi connectivity index (χ4v) is 3.10. The van der Waals surface area contributed by atoms with Gasteiger partial charge in [0, 0.05) is 5.75 Å². The molecule has 0 aromatic rings. The van der Waals surface area contributed by atoms with Gasteiger partial charge >= 0.3 is 11.9 Å². The van der Waals surface area contributed by atoms with Crippen LogP contribution in [0.1, 0.15) is 27.7 Å². The van der Waals surface area contributed by atoms with Gasteiger partial charge in [-0.3, -0.25) is 14.9 Å². The minimum atomic E-state index is -0.482. The van der Waals surface area contributed by atoms with Gasteiger partial charge in [-0.15, -0.1) is 11.8 Å². The molecule has 1 aliphatic heterocycles. The number of thioether (sulfide) groups is 1. The van der Waals surface area contributed by atoms with Crippen LogP contribution in [-0.2, 0) is 19.1 Å². The molecule has 1 fully saturated rings. The van der Waals surface area contributed by atoms with Gasteiger partial charge in [0.25, 0.3) is 0 Å². The van der Waals surface area contributed by atoms with Crippen molar-refractivity contribution in [2.24, 2.45) is 5.92 Å². The third kappa shape index (κ3) is 3.38. The van der Waals surface area contributed by atoms with Crippen LogP contribution in [0.15, 0.2) is 0 Å². The van der Waals surface area contributed by atoms with Gasteiger partial charge in [0.1, 0.15) is 6.04 Å². The summed E-state index contributed by atoms with van der Waals surface area (Å²) in [7, 11) is 0. The smallest absolute Gasteiger partial charge is 0.324 e.